The number of nitrogens with two attached hydrogens (primary N) is 1. The van der Waals surface area contributed by atoms with Crippen molar-refractivity contribution in [2.24, 2.45) is 5.73 Å². The van der Waals surface area contributed by atoms with E-state index < -0.39 is 0 Å². The van der Waals surface area contributed by atoms with Gasteiger partial charge in [-0.05, 0) is 24.7 Å². The van der Waals surface area contributed by atoms with Gasteiger partial charge in [0.2, 0.25) is 0 Å². The van der Waals surface area contributed by atoms with Crippen LogP contribution in [0.1, 0.15) is 11.3 Å². The average molecular weight is 244 g/mol. The number of nitrogens with zero attached hydrogens (tertiary/aromatic N) is 2. The molecule has 1 aromatic rings. The molecule has 0 aromatic carbocycles. The molecule has 0 radical (unpaired) electrons. The number of piperazine rings is 1. The fraction of sp³-hybridized carbons (Fsp3) is 0.636. The van der Waals surface area contributed by atoms with Gasteiger partial charge in [-0.3, -0.25) is 4.90 Å². The second-order valence-electron chi connectivity index (χ2n) is 4.30. The molecule has 5 heteroatoms. The smallest absolute Gasteiger partial charge is 0.197 e. The van der Waals surface area contributed by atoms with Gasteiger partial charge in [0.1, 0.15) is 5.76 Å². The van der Waals surface area contributed by atoms with Crippen molar-refractivity contribution in [3.05, 3.63) is 22.6 Å². The SMILES string of the molecule is CN1CCN(Cc2cc(CN)oc2Cl)CC1. The zero-order valence-corrected chi connectivity index (χ0v) is 10.3. The molecule has 0 atom stereocenters. The van der Waals surface area contributed by atoms with Gasteiger partial charge in [0.05, 0.1) is 6.54 Å². The van der Waals surface area contributed by atoms with Crippen LogP contribution >= 0.6 is 11.6 Å². The normalized spacial score (nSPS) is 19.2. The van der Waals surface area contributed by atoms with E-state index in [1.807, 2.05) is 6.07 Å². The Morgan fingerprint density at radius 3 is 2.62 bits per heavy atom. The van der Waals surface area contributed by atoms with E-state index in [2.05, 4.69) is 16.8 Å². The Morgan fingerprint density at radius 2 is 2.06 bits per heavy atom. The maximum Gasteiger partial charge on any atom is 0.197 e. The molecule has 2 heterocycles. The van der Waals surface area contributed by atoms with Crippen LogP contribution in [0.25, 0.3) is 0 Å². The Bertz CT molecular complexity index is 345. The summed E-state index contributed by atoms with van der Waals surface area (Å²) in [5.41, 5.74) is 6.56. The Kier molecular flexibility index (Phi) is 3.86. The standard InChI is InChI=1S/C11H18ClN3O/c1-14-2-4-15(5-3-14)8-9-6-10(7-13)16-11(9)12/h6H,2-5,7-8,13H2,1H3. The molecule has 1 fully saturated rings. The first-order valence-corrected chi connectivity index (χ1v) is 5.95. The highest BCUT2D eigenvalue weighted by Crippen LogP contribution is 2.22. The van der Waals surface area contributed by atoms with Crippen molar-refractivity contribution in [2.75, 3.05) is 33.2 Å². The highest BCUT2D eigenvalue weighted by atomic mass is 35.5. The van der Waals surface area contributed by atoms with Gasteiger partial charge < -0.3 is 15.1 Å². The molecule has 1 aromatic heterocycles. The average Bonchev–Trinajstić information content (AvgIpc) is 2.63. The number of hydrogen-bond donors (Lipinski definition) is 1. The molecule has 2 rings (SSSR count). The second kappa shape index (κ2) is 5.19. The minimum absolute atomic E-state index is 0.405. The van der Waals surface area contributed by atoms with E-state index in [1.165, 1.54) is 0 Å². The predicted octanol–water partition coefficient (Wildman–Crippen LogP) is 1.14. The molecule has 1 saturated heterocycles. The van der Waals surface area contributed by atoms with Crippen molar-refractivity contribution in [3.8, 4) is 0 Å². The predicted molar refractivity (Wildman–Crippen MR) is 64.4 cm³/mol. The summed E-state index contributed by atoms with van der Waals surface area (Å²) in [6, 6.07) is 1.96. The van der Waals surface area contributed by atoms with Crippen LogP contribution in [0.4, 0.5) is 0 Å². The summed E-state index contributed by atoms with van der Waals surface area (Å²) in [6.07, 6.45) is 0. The van der Waals surface area contributed by atoms with Gasteiger partial charge in [0, 0.05) is 38.3 Å². The van der Waals surface area contributed by atoms with Crippen molar-refractivity contribution in [2.45, 2.75) is 13.1 Å². The molecule has 1 aliphatic heterocycles. The highest BCUT2D eigenvalue weighted by molar-refractivity contribution is 6.29. The van der Waals surface area contributed by atoms with Gasteiger partial charge in [-0.2, -0.15) is 0 Å². The molecule has 1 aliphatic rings. The van der Waals surface area contributed by atoms with Crippen molar-refractivity contribution < 1.29 is 4.42 Å². The fourth-order valence-electron chi connectivity index (χ4n) is 1.92. The lowest BCUT2D eigenvalue weighted by molar-refractivity contribution is 0.148. The number of furan rings is 1. The van der Waals surface area contributed by atoms with Crippen LogP contribution < -0.4 is 5.73 Å². The van der Waals surface area contributed by atoms with E-state index in [-0.39, 0.29) is 0 Å². The van der Waals surface area contributed by atoms with E-state index in [1.54, 1.807) is 0 Å². The topological polar surface area (TPSA) is 45.6 Å². The van der Waals surface area contributed by atoms with E-state index >= 15 is 0 Å². The third-order valence-electron chi connectivity index (χ3n) is 3.00. The maximum absolute atomic E-state index is 6.01. The van der Waals surface area contributed by atoms with Crippen molar-refractivity contribution in [3.63, 3.8) is 0 Å². The van der Waals surface area contributed by atoms with Crippen LogP contribution in [0.15, 0.2) is 10.5 Å². The number of hydrogen-bond acceptors (Lipinski definition) is 4. The van der Waals surface area contributed by atoms with Crippen molar-refractivity contribution >= 4 is 11.6 Å². The third-order valence-corrected chi connectivity index (χ3v) is 3.32. The fourth-order valence-corrected chi connectivity index (χ4v) is 2.13. The second-order valence-corrected chi connectivity index (χ2v) is 4.64. The third kappa shape index (κ3) is 2.77. The summed E-state index contributed by atoms with van der Waals surface area (Å²) in [4.78, 5) is 4.72. The molecule has 0 spiro atoms. The van der Waals surface area contributed by atoms with E-state index in [0.29, 0.717) is 11.8 Å². The largest absolute Gasteiger partial charge is 0.448 e. The monoisotopic (exact) mass is 243 g/mol. The van der Waals surface area contributed by atoms with E-state index in [9.17, 15) is 0 Å². The van der Waals surface area contributed by atoms with Gasteiger partial charge in [0.25, 0.3) is 0 Å². The molecular weight excluding hydrogens is 226 g/mol. The Morgan fingerprint density at radius 1 is 1.38 bits per heavy atom. The van der Waals surface area contributed by atoms with Gasteiger partial charge in [-0.1, -0.05) is 0 Å². The molecule has 0 unspecified atom stereocenters. The lowest BCUT2D eigenvalue weighted by Gasteiger charge is -2.32. The Labute approximate surface area is 101 Å². The van der Waals surface area contributed by atoms with Crippen LogP contribution in [0.3, 0.4) is 0 Å². The summed E-state index contributed by atoms with van der Waals surface area (Å²) >= 11 is 6.01. The van der Waals surface area contributed by atoms with Gasteiger partial charge in [0.15, 0.2) is 5.22 Å². The lowest BCUT2D eigenvalue weighted by Crippen LogP contribution is -2.43. The zero-order valence-electron chi connectivity index (χ0n) is 9.58. The number of rotatable bonds is 3. The minimum Gasteiger partial charge on any atom is -0.448 e. The summed E-state index contributed by atoms with van der Waals surface area (Å²) in [5.74, 6) is 0.758. The van der Waals surface area contributed by atoms with Crippen LogP contribution in [0.2, 0.25) is 5.22 Å². The number of likely N-dealkylation sites (N-methyl/N-ethyl adjacent to an activating group) is 1. The summed E-state index contributed by atoms with van der Waals surface area (Å²) in [5, 5.41) is 0.486. The molecule has 0 bridgehead atoms. The molecule has 2 N–H and O–H groups in total. The molecule has 4 nitrogen and oxygen atoms in total. The van der Waals surface area contributed by atoms with Crippen LogP contribution in [0.5, 0.6) is 0 Å². The Hall–Kier alpha value is -0.550. The van der Waals surface area contributed by atoms with Crippen LogP contribution in [-0.2, 0) is 13.1 Å². The molecule has 0 saturated carbocycles. The zero-order chi connectivity index (χ0) is 11.5. The Balaban J connectivity index is 1.95. The number of halogens is 1. The van der Waals surface area contributed by atoms with E-state index in [0.717, 1.165) is 44.0 Å². The maximum atomic E-state index is 6.01. The van der Waals surface area contributed by atoms with E-state index in [4.69, 9.17) is 21.8 Å². The van der Waals surface area contributed by atoms with Crippen LogP contribution in [-0.4, -0.2) is 43.0 Å². The molecule has 16 heavy (non-hydrogen) atoms. The quantitative estimate of drug-likeness (QED) is 0.865. The summed E-state index contributed by atoms with van der Waals surface area (Å²) in [7, 11) is 2.15. The molecule has 0 aliphatic carbocycles. The first kappa shape index (κ1) is 11.9. The molecular formula is C11H18ClN3O. The highest BCUT2D eigenvalue weighted by Gasteiger charge is 2.17. The lowest BCUT2D eigenvalue weighted by atomic mass is 10.2. The van der Waals surface area contributed by atoms with Crippen molar-refractivity contribution in [1.29, 1.82) is 0 Å². The summed E-state index contributed by atoms with van der Waals surface area (Å²) in [6.45, 7) is 5.64. The molecule has 90 valence electrons. The van der Waals surface area contributed by atoms with Crippen molar-refractivity contribution in [1.82, 2.24) is 9.80 Å². The first-order valence-electron chi connectivity index (χ1n) is 5.57. The van der Waals surface area contributed by atoms with Gasteiger partial charge >= 0.3 is 0 Å². The summed E-state index contributed by atoms with van der Waals surface area (Å²) < 4.78 is 5.33. The van der Waals surface area contributed by atoms with Crippen LogP contribution in [0, 0.1) is 0 Å². The minimum atomic E-state index is 0.405. The molecule has 0 amide bonds. The van der Waals surface area contributed by atoms with Gasteiger partial charge in [-0.25, -0.2) is 0 Å². The van der Waals surface area contributed by atoms with Gasteiger partial charge in [-0.15, -0.1) is 0 Å². The first-order chi connectivity index (χ1) is 7.69.